The van der Waals surface area contributed by atoms with Crippen molar-refractivity contribution in [2.24, 2.45) is 17.3 Å². The maximum atomic E-state index is 14.0. The van der Waals surface area contributed by atoms with Crippen LogP contribution in [-0.2, 0) is 22.6 Å². The fraction of sp³-hybridized carbons (Fsp3) is 0.622. The number of hydrogen-bond acceptors (Lipinski definition) is 4. The molecular weight excluding hydrogens is 534 g/mol. The SMILES string of the molecule is CC(C)C[C@H](C(=O)N[C@@H](Cc1ccc(OCc2ccccc2)cc1)C(=O)NC(C)(C)C)N(C)C1CCC(C(C)(C)C)CC1. The summed E-state index contributed by atoms with van der Waals surface area (Å²) in [6, 6.07) is 17.3. The molecule has 1 aliphatic carbocycles. The van der Waals surface area contributed by atoms with Gasteiger partial charge in [0.05, 0.1) is 6.04 Å². The molecule has 3 rings (SSSR count). The molecule has 43 heavy (non-hydrogen) atoms. The van der Waals surface area contributed by atoms with Gasteiger partial charge in [-0.15, -0.1) is 0 Å². The Labute approximate surface area is 261 Å². The fourth-order valence-electron chi connectivity index (χ4n) is 6.14. The minimum absolute atomic E-state index is 0.0639. The standard InChI is InChI=1S/C37H57N3O3/c1-26(2)23-33(40(9)30-19-17-29(18-20-30)36(3,4)5)35(42)38-32(34(41)39-37(6,7)8)24-27-15-21-31(22-16-27)43-25-28-13-11-10-12-14-28/h10-16,21-22,26,29-30,32-33H,17-20,23-25H2,1-9H3,(H,38,42)(H,39,41)/t29?,30?,32-,33+/m0/s1. The molecule has 2 aromatic rings. The molecule has 2 N–H and O–H groups in total. The molecule has 0 radical (unpaired) electrons. The Morgan fingerprint density at radius 3 is 2.00 bits per heavy atom. The van der Waals surface area contributed by atoms with E-state index in [4.69, 9.17) is 4.74 Å². The number of nitrogens with zero attached hydrogens (tertiary/aromatic N) is 1. The van der Waals surface area contributed by atoms with Crippen LogP contribution >= 0.6 is 0 Å². The number of carbonyl (C=O) groups excluding carboxylic acids is 2. The number of benzene rings is 2. The van der Waals surface area contributed by atoms with Crippen LogP contribution in [0.25, 0.3) is 0 Å². The van der Waals surface area contributed by atoms with Crippen molar-refractivity contribution >= 4 is 11.8 Å². The lowest BCUT2D eigenvalue weighted by Crippen LogP contribution is -2.57. The van der Waals surface area contributed by atoms with Gasteiger partial charge >= 0.3 is 0 Å². The van der Waals surface area contributed by atoms with Gasteiger partial charge in [0.2, 0.25) is 11.8 Å². The van der Waals surface area contributed by atoms with E-state index in [0.717, 1.165) is 42.1 Å². The Morgan fingerprint density at radius 1 is 0.860 bits per heavy atom. The summed E-state index contributed by atoms with van der Waals surface area (Å²) in [4.78, 5) is 29.8. The molecule has 0 unspecified atom stereocenters. The van der Waals surface area contributed by atoms with Gasteiger partial charge in [-0.05, 0) is 100 Å². The van der Waals surface area contributed by atoms with Crippen LogP contribution in [0.2, 0.25) is 0 Å². The summed E-state index contributed by atoms with van der Waals surface area (Å²) in [5, 5.41) is 6.28. The average Bonchev–Trinajstić information content (AvgIpc) is 2.94. The fourth-order valence-corrected chi connectivity index (χ4v) is 6.14. The molecule has 0 aromatic heterocycles. The Morgan fingerprint density at radius 2 is 1.47 bits per heavy atom. The largest absolute Gasteiger partial charge is 0.489 e. The van der Waals surface area contributed by atoms with Crippen LogP contribution < -0.4 is 15.4 Å². The van der Waals surface area contributed by atoms with Gasteiger partial charge < -0.3 is 15.4 Å². The van der Waals surface area contributed by atoms with E-state index in [2.05, 4.69) is 57.2 Å². The van der Waals surface area contributed by atoms with Gasteiger partial charge in [0.25, 0.3) is 0 Å². The van der Waals surface area contributed by atoms with Crippen LogP contribution in [0, 0.1) is 17.3 Å². The molecule has 238 valence electrons. The first-order valence-corrected chi connectivity index (χ1v) is 16.2. The molecule has 1 aliphatic rings. The summed E-state index contributed by atoms with van der Waals surface area (Å²) in [6.45, 7) is 17.7. The summed E-state index contributed by atoms with van der Waals surface area (Å²) >= 11 is 0. The van der Waals surface area contributed by atoms with E-state index in [1.165, 1.54) is 12.8 Å². The summed E-state index contributed by atoms with van der Waals surface area (Å²) < 4.78 is 5.95. The van der Waals surface area contributed by atoms with E-state index < -0.39 is 11.6 Å². The van der Waals surface area contributed by atoms with Gasteiger partial charge in [-0.3, -0.25) is 14.5 Å². The Hall–Kier alpha value is -2.86. The van der Waals surface area contributed by atoms with Crippen LogP contribution in [0.4, 0.5) is 0 Å². The second-order valence-electron chi connectivity index (χ2n) is 15.1. The highest BCUT2D eigenvalue weighted by Gasteiger charge is 2.36. The molecule has 0 bridgehead atoms. The first kappa shape index (κ1) is 34.6. The Balaban J connectivity index is 1.72. The van der Waals surface area contributed by atoms with Gasteiger partial charge in [-0.1, -0.05) is 77.1 Å². The maximum Gasteiger partial charge on any atom is 0.243 e. The summed E-state index contributed by atoms with van der Waals surface area (Å²) in [5.41, 5.74) is 1.99. The minimum atomic E-state index is -0.678. The molecule has 0 heterocycles. The van der Waals surface area contributed by atoms with E-state index in [1.54, 1.807) is 0 Å². The average molecular weight is 592 g/mol. The van der Waals surface area contributed by atoms with Crippen molar-refractivity contribution in [2.45, 2.75) is 124 Å². The maximum absolute atomic E-state index is 14.0. The predicted molar refractivity (Wildman–Crippen MR) is 177 cm³/mol. The number of hydrogen-bond donors (Lipinski definition) is 2. The molecule has 2 aromatic carbocycles. The number of likely N-dealkylation sites (N-methyl/N-ethyl adjacent to an activating group) is 1. The predicted octanol–water partition coefficient (Wildman–Crippen LogP) is 7.16. The summed E-state index contributed by atoms with van der Waals surface area (Å²) in [7, 11) is 2.10. The first-order valence-electron chi connectivity index (χ1n) is 16.2. The third-order valence-electron chi connectivity index (χ3n) is 8.73. The number of carbonyl (C=O) groups is 2. The quantitative estimate of drug-likeness (QED) is 0.275. The molecule has 2 atom stereocenters. The van der Waals surface area contributed by atoms with Crippen LogP contribution in [0.3, 0.4) is 0 Å². The summed E-state index contributed by atoms with van der Waals surface area (Å²) in [6.07, 6.45) is 5.75. The Kier molecular flexibility index (Phi) is 12.3. The molecule has 0 aliphatic heterocycles. The van der Waals surface area contributed by atoms with Crippen molar-refractivity contribution in [1.29, 1.82) is 0 Å². The normalized spacial score (nSPS) is 19.1. The van der Waals surface area contributed by atoms with Crippen molar-refractivity contribution in [3.63, 3.8) is 0 Å². The molecule has 2 amide bonds. The lowest BCUT2D eigenvalue weighted by molar-refractivity contribution is -0.133. The number of ether oxygens (including phenoxy) is 1. The lowest BCUT2D eigenvalue weighted by Gasteiger charge is -2.42. The number of nitrogens with one attached hydrogen (secondary N) is 2. The first-order chi connectivity index (χ1) is 20.1. The van der Waals surface area contributed by atoms with Crippen LogP contribution in [0.15, 0.2) is 54.6 Å². The highest BCUT2D eigenvalue weighted by Crippen LogP contribution is 2.39. The van der Waals surface area contributed by atoms with Crippen molar-refractivity contribution in [2.75, 3.05) is 7.05 Å². The van der Waals surface area contributed by atoms with Gasteiger partial charge in [-0.25, -0.2) is 0 Å². The highest BCUT2D eigenvalue weighted by atomic mass is 16.5. The summed E-state index contributed by atoms with van der Waals surface area (Å²) in [5.74, 6) is 1.62. The van der Waals surface area contributed by atoms with Crippen LogP contribution in [-0.4, -0.2) is 47.4 Å². The van der Waals surface area contributed by atoms with Crippen molar-refractivity contribution in [3.05, 3.63) is 65.7 Å². The minimum Gasteiger partial charge on any atom is -0.489 e. The molecule has 0 saturated heterocycles. The van der Waals surface area contributed by atoms with E-state index >= 15 is 0 Å². The zero-order chi connectivity index (χ0) is 31.8. The van der Waals surface area contributed by atoms with Crippen molar-refractivity contribution < 1.29 is 14.3 Å². The third kappa shape index (κ3) is 11.3. The molecular formula is C37H57N3O3. The highest BCUT2D eigenvalue weighted by molar-refractivity contribution is 5.90. The monoisotopic (exact) mass is 591 g/mol. The third-order valence-corrected chi connectivity index (χ3v) is 8.73. The van der Waals surface area contributed by atoms with Crippen LogP contribution in [0.1, 0.15) is 98.6 Å². The van der Waals surface area contributed by atoms with Gasteiger partial charge in [-0.2, -0.15) is 0 Å². The Bertz CT molecular complexity index is 1140. The van der Waals surface area contributed by atoms with E-state index in [9.17, 15) is 9.59 Å². The molecule has 0 spiro atoms. The number of rotatable bonds is 12. The molecule has 1 fully saturated rings. The lowest BCUT2D eigenvalue weighted by atomic mass is 9.71. The van der Waals surface area contributed by atoms with E-state index in [-0.39, 0.29) is 17.9 Å². The molecule has 1 saturated carbocycles. The molecule has 6 nitrogen and oxygen atoms in total. The van der Waals surface area contributed by atoms with E-state index in [0.29, 0.717) is 30.4 Å². The van der Waals surface area contributed by atoms with Crippen molar-refractivity contribution in [3.8, 4) is 5.75 Å². The van der Waals surface area contributed by atoms with Gasteiger partial charge in [0.15, 0.2) is 0 Å². The van der Waals surface area contributed by atoms with Crippen molar-refractivity contribution in [1.82, 2.24) is 15.5 Å². The second kappa shape index (κ2) is 15.2. The number of amides is 2. The van der Waals surface area contributed by atoms with E-state index in [1.807, 2.05) is 75.4 Å². The molecule has 6 heteroatoms. The van der Waals surface area contributed by atoms with Crippen LogP contribution in [0.5, 0.6) is 5.75 Å². The zero-order valence-electron chi connectivity index (χ0n) is 28.2. The second-order valence-corrected chi connectivity index (χ2v) is 15.1. The van der Waals surface area contributed by atoms with Gasteiger partial charge in [0, 0.05) is 18.0 Å². The topological polar surface area (TPSA) is 70.7 Å². The van der Waals surface area contributed by atoms with Gasteiger partial charge in [0.1, 0.15) is 18.4 Å². The zero-order valence-corrected chi connectivity index (χ0v) is 28.2. The smallest absolute Gasteiger partial charge is 0.243 e.